The zero-order valence-corrected chi connectivity index (χ0v) is 20.7. The van der Waals surface area contributed by atoms with E-state index in [9.17, 15) is 14.4 Å². The lowest BCUT2D eigenvalue weighted by atomic mass is 10.2. The van der Waals surface area contributed by atoms with Crippen LogP contribution in [-0.4, -0.2) is 22.0 Å². The molecule has 33 heavy (non-hydrogen) atoms. The summed E-state index contributed by atoms with van der Waals surface area (Å²) in [6, 6.07) is 18.5. The first kappa shape index (κ1) is 23.6. The van der Waals surface area contributed by atoms with E-state index in [1.807, 2.05) is 24.3 Å². The molecule has 1 aliphatic heterocycles. The van der Waals surface area contributed by atoms with E-state index in [1.165, 1.54) is 17.0 Å². The lowest BCUT2D eigenvalue weighted by Gasteiger charge is -2.12. The van der Waals surface area contributed by atoms with Crippen molar-refractivity contribution in [3.63, 3.8) is 0 Å². The van der Waals surface area contributed by atoms with Crippen LogP contribution in [0.4, 0.5) is 4.79 Å². The van der Waals surface area contributed by atoms with E-state index in [2.05, 4.69) is 15.9 Å². The largest absolute Gasteiger partial charge is 0.423 e. The molecule has 1 saturated heterocycles. The van der Waals surface area contributed by atoms with Gasteiger partial charge in [0.15, 0.2) is 0 Å². The molecule has 1 aliphatic rings. The van der Waals surface area contributed by atoms with E-state index in [0.29, 0.717) is 15.5 Å². The fraction of sp³-hybridized carbons (Fsp3) is 0.0417. The van der Waals surface area contributed by atoms with Crippen LogP contribution in [0.25, 0.3) is 6.08 Å². The van der Waals surface area contributed by atoms with Gasteiger partial charge in [0.05, 0.1) is 22.0 Å². The van der Waals surface area contributed by atoms with E-state index in [-0.39, 0.29) is 34.0 Å². The average molecular weight is 563 g/mol. The second kappa shape index (κ2) is 10.1. The van der Waals surface area contributed by atoms with E-state index in [4.69, 9.17) is 27.9 Å². The number of amides is 2. The van der Waals surface area contributed by atoms with Crippen molar-refractivity contribution in [1.82, 2.24) is 4.90 Å². The molecule has 0 saturated carbocycles. The summed E-state index contributed by atoms with van der Waals surface area (Å²) in [5, 5.41) is 0.255. The number of nitrogens with zero attached hydrogens (tertiary/aromatic N) is 1. The second-order valence-corrected chi connectivity index (χ2v) is 9.73. The summed E-state index contributed by atoms with van der Waals surface area (Å²) in [6.45, 7) is 0.189. The van der Waals surface area contributed by atoms with Gasteiger partial charge >= 0.3 is 5.97 Å². The molecular formula is C24H14BrCl2NO4S. The zero-order chi connectivity index (χ0) is 23.5. The molecule has 5 nitrogen and oxygen atoms in total. The number of halogens is 3. The Morgan fingerprint density at radius 3 is 2.52 bits per heavy atom. The number of thioether (sulfide) groups is 1. The number of hydrogen-bond donors (Lipinski definition) is 0. The summed E-state index contributed by atoms with van der Waals surface area (Å²) in [7, 11) is 0. The van der Waals surface area contributed by atoms with Crippen LogP contribution in [0.3, 0.4) is 0 Å². The van der Waals surface area contributed by atoms with Crippen LogP contribution < -0.4 is 4.74 Å². The zero-order valence-electron chi connectivity index (χ0n) is 16.8. The van der Waals surface area contributed by atoms with Crippen molar-refractivity contribution in [2.45, 2.75) is 6.54 Å². The molecule has 2 amide bonds. The third-order valence-electron chi connectivity index (χ3n) is 4.64. The summed E-state index contributed by atoms with van der Waals surface area (Å²) >= 11 is 16.2. The topological polar surface area (TPSA) is 63.7 Å². The van der Waals surface area contributed by atoms with Gasteiger partial charge in [-0.15, -0.1) is 0 Å². The Labute approximate surface area is 212 Å². The van der Waals surface area contributed by atoms with Gasteiger partial charge in [-0.3, -0.25) is 14.5 Å². The molecule has 0 atom stereocenters. The van der Waals surface area contributed by atoms with E-state index in [0.717, 1.165) is 21.8 Å². The maximum atomic E-state index is 12.8. The highest BCUT2D eigenvalue weighted by Crippen LogP contribution is 2.34. The van der Waals surface area contributed by atoms with Crippen molar-refractivity contribution in [3.05, 3.63) is 103 Å². The highest BCUT2D eigenvalue weighted by molar-refractivity contribution is 9.10. The number of esters is 1. The average Bonchev–Trinajstić information content (AvgIpc) is 3.02. The molecule has 4 rings (SSSR count). The molecule has 0 N–H and O–H groups in total. The smallest absolute Gasteiger partial charge is 0.345 e. The van der Waals surface area contributed by atoms with Crippen LogP contribution in [-0.2, 0) is 11.3 Å². The highest BCUT2D eigenvalue weighted by Gasteiger charge is 2.35. The fourth-order valence-electron chi connectivity index (χ4n) is 3.04. The Bertz CT molecular complexity index is 1290. The Kier molecular flexibility index (Phi) is 7.24. The summed E-state index contributed by atoms with van der Waals surface area (Å²) < 4.78 is 6.33. The van der Waals surface area contributed by atoms with Gasteiger partial charge < -0.3 is 4.74 Å². The molecule has 0 radical (unpaired) electrons. The minimum Gasteiger partial charge on any atom is -0.423 e. The van der Waals surface area contributed by atoms with Crippen LogP contribution in [0.1, 0.15) is 21.5 Å². The monoisotopic (exact) mass is 561 g/mol. The molecule has 0 unspecified atom stereocenters. The number of benzene rings is 3. The summed E-state index contributed by atoms with van der Waals surface area (Å²) in [5.74, 6) is -0.735. The van der Waals surface area contributed by atoms with Crippen molar-refractivity contribution >= 4 is 74.1 Å². The summed E-state index contributed by atoms with van der Waals surface area (Å²) in [6.07, 6.45) is 1.60. The van der Waals surface area contributed by atoms with Crippen LogP contribution in [0.15, 0.2) is 76.1 Å². The van der Waals surface area contributed by atoms with Gasteiger partial charge in [-0.2, -0.15) is 0 Å². The molecule has 0 bridgehead atoms. The molecule has 166 valence electrons. The van der Waals surface area contributed by atoms with Crippen molar-refractivity contribution in [3.8, 4) is 5.75 Å². The Morgan fingerprint density at radius 2 is 1.79 bits per heavy atom. The molecule has 0 spiro atoms. The molecule has 0 aromatic heterocycles. The van der Waals surface area contributed by atoms with Gasteiger partial charge in [0.2, 0.25) is 0 Å². The molecule has 1 heterocycles. The van der Waals surface area contributed by atoms with Crippen LogP contribution in [0, 0.1) is 0 Å². The first-order valence-corrected chi connectivity index (χ1v) is 11.9. The van der Waals surface area contributed by atoms with Gasteiger partial charge in [0.25, 0.3) is 11.1 Å². The Morgan fingerprint density at radius 1 is 1.03 bits per heavy atom. The molecule has 9 heteroatoms. The number of ether oxygens (including phenoxy) is 1. The third kappa shape index (κ3) is 5.68. The van der Waals surface area contributed by atoms with E-state index >= 15 is 0 Å². The lowest BCUT2D eigenvalue weighted by molar-refractivity contribution is -0.123. The van der Waals surface area contributed by atoms with Crippen LogP contribution in [0.2, 0.25) is 10.0 Å². The standard InChI is InChI=1S/C24H14BrCl2NO4S/c25-16-6-4-14(5-7-16)13-28-22(29)21(33-24(28)31)11-15-2-1-3-18(10-15)32-23(30)19-9-8-17(26)12-20(19)27/h1-12H,13H2/b21-11-. The van der Waals surface area contributed by atoms with Crippen molar-refractivity contribution < 1.29 is 19.1 Å². The molecule has 1 fully saturated rings. The van der Waals surface area contributed by atoms with Gasteiger partial charge in [0, 0.05) is 9.50 Å². The summed E-state index contributed by atoms with van der Waals surface area (Å²) in [5.41, 5.74) is 1.63. The second-order valence-electron chi connectivity index (χ2n) is 6.98. The number of imide groups is 1. The van der Waals surface area contributed by atoms with Gasteiger partial charge in [0.1, 0.15) is 5.75 Å². The van der Waals surface area contributed by atoms with E-state index < -0.39 is 5.97 Å². The predicted molar refractivity (Wildman–Crippen MR) is 134 cm³/mol. The van der Waals surface area contributed by atoms with Crippen molar-refractivity contribution in [2.24, 2.45) is 0 Å². The minimum atomic E-state index is -0.636. The fourth-order valence-corrected chi connectivity index (χ4v) is 4.63. The Hall–Kier alpha value is -2.58. The Balaban J connectivity index is 1.49. The molecular weight excluding hydrogens is 549 g/mol. The quantitative estimate of drug-likeness (QED) is 0.187. The van der Waals surface area contributed by atoms with Gasteiger partial charge in [-0.1, -0.05) is 63.4 Å². The van der Waals surface area contributed by atoms with Gasteiger partial charge in [-0.05, 0) is 71.4 Å². The van der Waals surface area contributed by atoms with Crippen LogP contribution in [0.5, 0.6) is 5.75 Å². The lowest BCUT2D eigenvalue weighted by Crippen LogP contribution is -2.27. The normalized spacial score (nSPS) is 14.8. The number of carbonyl (C=O) groups is 3. The number of rotatable bonds is 5. The first-order valence-electron chi connectivity index (χ1n) is 9.57. The highest BCUT2D eigenvalue weighted by atomic mass is 79.9. The number of hydrogen-bond acceptors (Lipinski definition) is 5. The molecule has 3 aromatic carbocycles. The SMILES string of the molecule is O=C(Oc1cccc(/C=C2\SC(=O)N(Cc3ccc(Br)cc3)C2=O)c1)c1ccc(Cl)cc1Cl. The predicted octanol–water partition coefficient (Wildman–Crippen LogP) is 7.21. The van der Waals surface area contributed by atoms with Crippen LogP contribution >= 0.6 is 50.9 Å². The van der Waals surface area contributed by atoms with Crippen molar-refractivity contribution in [2.75, 3.05) is 0 Å². The minimum absolute atomic E-state index is 0.181. The maximum absolute atomic E-state index is 12.8. The summed E-state index contributed by atoms with van der Waals surface area (Å²) in [4.78, 5) is 39.2. The molecule has 0 aliphatic carbocycles. The molecule has 3 aromatic rings. The number of carbonyl (C=O) groups excluding carboxylic acids is 3. The van der Waals surface area contributed by atoms with E-state index in [1.54, 1.807) is 36.4 Å². The first-order chi connectivity index (χ1) is 15.8. The third-order valence-corrected chi connectivity index (χ3v) is 6.63. The van der Waals surface area contributed by atoms with Crippen molar-refractivity contribution in [1.29, 1.82) is 0 Å². The van der Waals surface area contributed by atoms with Gasteiger partial charge in [-0.25, -0.2) is 4.79 Å². The maximum Gasteiger partial charge on any atom is 0.345 e.